The van der Waals surface area contributed by atoms with Crippen molar-refractivity contribution in [1.29, 1.82) is 0 Å². The normalized spacial score (nSPS) is 29.5. The molecule has 0 bridgehead atoms. The summed E-state index contributed by atoms with van der Waals surface area (Å²) in [6.45, 7) is 6.37. The van der Waals surface area contributed by atoms with Crippen LogP contribution in [0.1, 0.15) is 26.2 Å². The van der Waals surface area contributed by atoms with Crippen molar-refractivity contribution in [3.8, 4) is 0 Å². The van der Waals surface area contributed by atoms with Gasteiger partial charge in [0, 0.05) is 0 Å². The first-order valence-electron chi connectivity index (χ1n) is 4.22. The summed E-state index contributed by atoms with van der Waals surface area (Å²) < 4.78 is 0. The molecule has 0 heterocycles. The van der Waals surface area contributed by atoms with E-state index in [0.717, 1.165) is 18.8 Å². The molecule has 1 aliphatic rings. The fraction of sp³-hybridized carbons (Fsp3) is 0.600. The average Bonchev–Trinajstić information content (AvgIpc) is 1.98. The molecular formula is C10H16O. The van der Waals surface area contributed by atoms with Crippen LogP contribution in [0.3, 0.4) is 0 Å². The van der Waals surface area contributed by atoms with Crippen LogP contribution in [0.15, 0.2) is 23.8 Å². The summed E-state index contributed by atoms with van der Waals surface area (Å²) in [7, 11) is 0. The van der Waals surface area contributed by atoms with Gasteiger partial charge >= 0.3 is 0 Å². The summed E-state index contributed by atoms with van der Waals surface area (Å²) in [6, 6.07) is 0. The summed E-state index contributed by atoms with van der Waals surface area (Å²) in [5, 5.41) is 8.71. The van der Waals surface area contributed by atoms with Crippen molar-refractivity contribution in [2.75, 3.05) is 6.61 Å². The van der Waals surface area contributed by atoms with E-state index in [1.54, 1.807) is 0 Å². The van der Waals surface area contributed by atoms with Gasteiger partial charge < -0.3 is 5.11 Å². The van der Waals surface area contributed by atoms with Gasteiger partial charge in [-0.1, -0.05) is 25.2 Å². The fourth-order valence-corrected chi connectivity index (χ4v) is 1.54. The Kier molecular flexibility index (Phi) is 2.89. The van der Waals surface area contributed by atoms with Gasteiger partial charge in [-0.2, -0.15) is 0 Å². The number of hydrogen-bond acceptors (Lipinski definition) is 1. The van der Waals surface area contributed by atoms with E-state index in [0.29, 0.717) is 0 Å². The molecule has 1 N–H and O–H groups in total. The molecule has 1 heteroatoms. The third-order valence-electron chi connectivity index (χ3n) is 2.30. The quantitative estimate of drug-likeness (QED) is 0.611. The minimum atomic E-state index is 0.154. The van der Waals surface area contributed by atoms with Gasteiger partial charge in [0.05, 0.1) is 6.61 Å². The van der Waals surface area contributed by atoms with E-state index < -0.39 is 0 Å². The number of aliphatic hydroxyl groups is 1. The molecule has 1 atom stereocenters. The highest BCUT2D eigenvalue weighted by Gasteiger charge is 2.14. The summed E-state index contributed by atoms with van der Waals surface area (Å²) >= 11 is 0. The molecule has 0 aromatic carbocycles. The summed E-state index contributed by atoms with van der Waals surface area (Å²) in [5.74, 6) is 0.762. The Labute approximate surface area is 68.4 Å². The van der Waals surface area contributed by atoms with Crippen LogP contribution in [-0.2, 0) is 0 Å². The van der Waals surface area contributed by atoms with E-state index in [1.807, 2.05) is 6.08 Å². The van der Waals surface area contributed by atoms with Crippen molar-refractivity contribution in [3.63, 3.8) is 0 Å². The average molecular weight is 152 g/mol. The van der Waals surface area contributed by atoms with E-state index in [2.05, 4.69) is 13.5 Å². The number of rotatable bonds is 1. The summed E-state index contributed by atoms with van der Waals surface area (Å²) in [5.41, 5.74) is 2.49. The fourth-order valence-electron chi connectivity index (χ4n) is 1.54. The highest BCUT2D eigenvalue weighted by Crippen LogP contribution is 2.30. The zero-order chi connectivity index (χ0) is 8.27. The molecule has 1 rings (SSSR count). The van der Waals surface area contributed by atoms with Crippen molar-refractivity contribution in [1.82, 2.24) is 0 Å². The Balaban J connectivity index is 2.61. The lowest BCUT2D eigenvalue weighted by atomic mass is 9.84. The highest BCUT2D eigenvalue weighted by atomic mass is 16.2. The lowest BCUT2D eigenvalue weighted by molar-refractivity contribution is 0.340. The second-order valence-electron chi connectivity index (χ2n) is 3.36. The summed E-state index contributed by atoms with van der Waals surface area (Å²) in [4.78, 5) is 0. The smallest absolute Gasteiger partial charge is 0.0618 e. The molecule has 0 aromatic heterocycles. The van der Waals surface area contributed by atoms with Crippen molar-refractivity contribution in [3.05, 3.63) is 23.8 Å². The molecule has 1 aliphatic carbocycles. The van der Waals surface area contributed by atoms with Crippen molar-refractivity contribution >= 4 is 0 Å². The van der Waals surface area contributed by atoms with E-state index in [-0.39, 0.29) is 6.61 Å². The predicted molar refractivity (Wildman–Crippen MR) is 47.3 cm³/mol. The third kappa shape index (κ3) is 2.19. The molecule has 1 saturated carbocycles. The van der Waals surface area contributed by atoms with Gasteiger partial charge in [-0.05, 0) is 30.8 Å². The second kappa shape index (κ2) is 3.72. The van der Waals surface area contributed by atoms with Crippen molar-refractivity contribution in [2.45, 2.75) is 26.2 Å². The van der Waals surface area contributed by atoms with Gasteiger partial charge in [-0.25, -0.2) is 0 Å². The lowest BCUT2D eigenvalue weighted by Crippen LogP contribution is -2.07. The largest absolute Gasteiger partial charge is 0.392 e. The van der Waals surface area contributed by atoms with E-state index in [9.17, 15) is 0 Å². The first-order chi connectivity index (χ1) is 5.24. The molecule has 0 amide bonds. The molecule has 62 valence electrons. The van der Waals surface area contributed by atoms with Gasteiger partial charge in [0.2, 0.25) is 0 Å². The van der Waals surface area contributed by atoms with Crippen LogP contribution in [-0.4, -0.2) is 11.7 Å². The SMILES string of the molecule is C=C1CCC(C)C/C1=C/CO. The summed E-state index contributed by atoms with van der Waals surface area (Å²) in [6.07, 6.45) is 5.34. The maximum atomic E-state index is 8.71. The standard InChI is InChI=1S/C10H16O/c1-8-3-4-9(2)10(7-8)5-6-11/h5,8,11H,2-4,6-7H2,1H3/b10-5-. The molecule has 11 heavy (non-hydrogen) atoms. The lowest BCUT2D eigenvalue weighted by Gasteiger charge is -2.22. The molecule has 0 aliphatic heterocycles. The van der Waals surface area contributed by atoms with Crippen LogP contribution in [0.2, 0.25) is 0 Å². The monoisotopic (exact) mass is 152 g/mol. The van der Waals surface area contributed by atoms with Crippen molar-refractivity contribution in [2.24, 2.45) is 5.92 Å². The van der Waals surface area contributed by atoms with E-state index in [1.165, 1.54) is 17.6 Å². The van der Waals surface area contributed by atoms with E-state index >= 15 is 0 Å². The second-order valence-corrected chi connectivity index (χ2v) is 3.36. The number of hydrogen-bond donors (Lipinski definition) is 1. The minimum Gasteiger partial charge on any atom is -0.392 e. The number of aliphatic hydroxyl groups excluding tert-OH is 1. The highest BCUT2D eigenvalue weighted by molar-refractivity contribution is 5.30. The Morgan fingerprint density at radius 3 is 3.09 bits per heavy atom. The molecule has 1 unspecified atom stereocenters. The van der Waals surface area contributed by atoms with E-state index in [4.69, 9.17) is 5.11 Å². The van der Waals surface area contributed by atoms with Crippen LogP contribution >= 0.6 is 0 Å². The minimum absolute atomic E-state index is 0.154. The van der Waals surface area contributed by atoms with Gasteiger partial charge in [0.1, 0.15) is 0 Å². The molecular weight excluding hydrogens is 136 g/mol. The van der Waals surface area contributed by atoms with Gasteiger partial charge in [-0.15, -0.1) is 0 Å². The maximum Gasteiger partial charge on any atom is 0.0618 e. The molecule has 0 spiro atoms. The van der Waals surface area contributed by atoms with Gasteiger partial charge in [0.25, 0.3) is 0 Å². The first kappa shape index (κ1) is 8.54. The zero-order valence-corrected chi connectivity index (χ0v) is 7.14. The maximum absolute atomic E-state index is 8.71. The first-order valence-corrected chi connectivity index (χ1v) is 4.22. The molecule has 0 aromatic rings. The predicted octanol–water partition coefficient (Wildman–Crippen LogP) is 2.28. The van der Waals surface area contributed by atoms with Crippen LogP contribution in [0.25, 0.3) is 0 Å². The number of allylic oxidation sites excluding steroid dienone is 2. The third-order valence-corrected chi connectivity index (χ3v) is 2.30. The van der Waals surface area contributed by atoms with Gasteiger partial charge in [0.15, 0.2) is 0 Å². The van der Waals surface area contributed by atoms with Crippen LogP contribution in [0.4, 0.5) is 0 Å². The Morgan fingerprint density at radius 1 is 1.73 bits per heavy atom. The zero-order valence-electron chi connectivity index (χ0n) is 7.14. The Bertz CT molecular complexity index is 179. The van der Waals surface area contributed by atoms with Crippen LogP contribution in [0, 0.1) is 5.92 Å². The molecule has 1 nitrogen and oxygen atoms in total. The van der Waals surface area contributed by atoms with Crippen molar-refractivity contribution < 1.29 is 5.11 Å². The van der Waals surface area contributed by atoms with Gasteiger partial charge in [-0.3, -0.25) is 0 Å². The Morgan fingerprint density at radius 2 is 2.45 bits per heavy atom. The topological polar surface area (TPSA) is 20.2 Å². The Hall–Kier alpha value is -0.560. The molecule has 0 saturated heterocycles. The van der Waals surface area contributed by atoms with Crippen LogP contribution in [0.5, 0.6) is 0 Å². The van der Waals surface area contributed by atoms with Crippen LogP contribution < -0.4 is 0 Å². The molecule has 0 radical (unpaired) electrons. The molecule has 1 fully saturated rings.